The van der Waals surface area contributed by atoms with Gasteiger partial charge in [0.05, 0.1) is 11.4 Å². The van der Waals surface area contributed by atoms with Gasteiger partial charge in [-0.25, -0.2) is 0 Å². The number of hydrogen-bond donors (Lipinski definition) is 0. The van der Waals surface area contributed by atoms with Crippen molar-refractivity contribution in [2.24, 2.45) is 0 Å². The maximum atomic E-state index is 11.8. The molecule has 0 amide bonds. The average Bonchev–Trinajstić information content (AvgIpc) is 3.24. The van der Waals surface area contributed by atoms with Gasteiger partial charge < -0.3 is 18.4 Å². The molecule has 287 valence electrons. The van der Waals surface area contributed by atoms with Gasteiger partial charge in [-0.1, -0.05) is 127 Å². The summed E-state index contributed by atoms with van der Waals surface area (Å²) in [5.41, 5.74) is 11.0. The lowest BCUT2D eigenvalue weighted by Gasteiger charge is -2.33. The van der Waals surface area contributed by atoms with E-state index in [-0.39, 0.29) is 9.41 Å². The molecule has 0 saturated carbocycles. The molecule has 0 aromatic heterocycles. The van der Waals surface area contributed by atoms with E-state index in [9.17, 15) is 4.46 Å². The van der Waals surface area contributed by atoms with Gasteiger partial charge in [0.25, 0.3) is 0 Å². The summed E-state index contributed by atoms with van der Waals surface area (Å²) in [5, 5.41) is 4.84. The zero-order valence-corrected chi connectivity index (χ0v) is 36.7. The van der Waals surface area contributed by atoms with Crippen LogP contribution < -0.4 is 9.80 Å². The van der Waals surface area contributed by atoms with Crippen molar-refractivity contribution in [1.82, 2.24) is 0 Å². The van der Waals surface area contributed by atoms with E-state index in [1.54, 1.807) is 0 Å². The smallest absolute Gasteiger partial charge is 0.325 e. The van der Waals surface area contributed by atoms with Crippen molar-refractivity contribution in [3.8, 4) is 11.1 Å². The third-order valence-corrected chi connectivity index (χ3v) is 20.0. The minimum Gasteiger partial charge on any atom is -0.455 e. The van der Waals surface area contributed by atoms with E-state index in [1.807, 2.05) is 0 Å². The van der Waals surface area contributed by atoms with Crippen molar-refractivity contribution in [3.63, 3.8) is 0 Å². The molecule has 0 aliphatic carbocycles. The van der Waals surface area contributed by atoms with Crippen molar-refractivity contribution in [1.29, 1.82) is 0 Å². The molecule has 0 N–H and O–H groups in total. The second-order valence-electron chi connectivity index (χ2n) is 16.2. The van der Waals surface area contributed by atoms with Gasteiger partial charge in [0, 0.05) is 39.2 Å². The Hall–Kier alpha value is -5.71. The second kappa shape index (κ2) is 17.0. The van der Waals surface area contributed by atoms with E-state index in [0.29, 0.717) is 5.67 Å². The molecule has 7 heteroatoms. The highest BCUT2D eigenvalue weighted by molar-refractivity contribution is 6.87. The van der Waals surface area contributed by atoms with Crippen molar-refractivity contribution < 1.29 is 8.58 Å². The molecule has 0 aliphatic rings. The predicted octanol–water partition coefficient (Wildman–Crippen LogP) is 14.6. The van der Waals surface area contributed by atoms with E-state index >= 15 is 0 Å². The van der Waals surface area contributed by atoms with Crippen LogP contribution in [0.1, 0.15) is 5.56 Å². The van der Waals surface area contributed by atoms with Crippen molar-refractivity contribution in [2.45, 2.75) is 44.3 Å². The zero-order valence-electron chi connectivity index (χ0n) is 33.7. The number of hydrogen-bond acceptors (Lipinski definition) is 4. The zero-order chi connectivity index (χ0) is 40.1. The van der Waals surface area contributed by atoms with Gasteiger partial charge in [0.15, 0.2) is 16.6 Å². The molecule has 0 saturated heterocycles. The Morgan fingerprint density at radius 3 is 1.34 bits per heavy atom. The normalized spacial score (nSPS) is 12.6. The van der Waals surface area contributed by atoms with Crippen molar-refractivity contribution >= 4 is 81.7 Å². The third-order valence-electron chi connectivity index (χ3n) is 10.7. The van der Waals surface area contributed by atoms with Crippen molar-refractivity contribution in [3.05, 3.63) is 194 Å². The topological polar surface area (TPSA) is 32.8 Å². The molecule has 0 fully saturated rings. The number of nitrogens with zero attached hydrogens (tertiary/aromatic N) is 2. The van der Waals surface area contributed by atoms with Gasteiger partial charge in [-0.2, -0.15) is 0 Å². The van der Waals surface area contributed by atoms with E-state index < -0.39 is 16.6 Å². The van der Waals surface area contributed by atoms with Crippen LogP contribution in [0.5, 0.6) is 0 Å². The van der Waals surface area contributed by atoms with Gasteiger partial charge in [-0.05, 0) is 127 Å². The second-order valence-corrected chi connectivity index (χ2v) is 26.4. The molecule has 1 radical (unpaired) electrons. The average molecular weight is 806 g/mol. The molecule has 58 heavy (non-hydrogen) atoms. The largest absolute Gasteiger partial charge is 0.455 e. The fourth-order valence-electron chi connectivity index (χ4n) is 8.13. The van der Waals surface area contributed by atoms with E-state index in [0.717, 1.165) is 57.7 Å². The van der Waals surface area contributed by atoms with Crippen LogP contribution >= 0.6 is 0 Å². The predicted molar refractivity (Wildman–Crippen MR) is 252 cm³/mol. The summed E-state index contributed by atoms with van der Waals surface area (Å²) in [6, 6.07) is 68.6. The highest BCUT2D eigenvalue weighted by atomic mass is 28.4. The first-order valence-corrected chi connectivity index (χ1v) is 27.5. The highest BCUT2D eigenvalue weighted by Crippen LogP contribution is 2.42. The molecule has 0 spiro atoms. The Bertz CT molecular complexity index is 2630. The molecule has 0 bridgehead atoms. The van der Waals surface area contributed by atoms with E-state index in [4.69, 9.17) is 4.12 Å². The number of aryl methyl sites for hydroxylation is 1. The van der Waals surface area contributed by atoms with Crippen LogP contribution in [0, 0.1) is 0 Å². The number of fused-ring (bicyclic) bond motifs is 2. The van der Waals surface area contributed by atoms with Crippen LogP contribution in [0.2, 0.25) is 37.9 Å². The minimum absolute atomic E-state index is 0.310. The Morgan fingerprint density at radius 2 is 0.879 bits per heavy atom. The SMILES string of the molecule is C[Si](C)(C)O[Si](C)(CCc1ccc(N(c2ccc(-c3ccc(N(c4ccccc4)c4cccc5ccccc45)cc3)cc2)c2cccc3ccccc23)cc1)C[Si]=O. The molecular formula is C51H49N2O2Si3. The summed E-state index contributed by atoms with van der Waals surface area (Å²) in [7, 11) is -4.12. The summed E-state index contributed by atoms with van der Waals surface area (Å²) in [6.07, 6.45) is 0.921. The van der Waals surface area contributed by atoms with E-state index in [2.05, 4.69) is 224 Å². The molecule has 4 nitrogen and oxygen atoms in total. The Balaban J connectivity index is 1.10. The lowest BCUT2D eigenvalue weighted by atomic mass is 10.0. The van der Waals surface area contributed by atoms with Gasteiger partial charge in [0.1, 0.15) is 0 Å². The first kappa shape index (κ1) is 39.1. The van der Waals surface area contributed by atoms with Crippen molar-refractivity contribution in [2.75, 3.05) is 9.80 Å². The van der Waals surface area contributed by atoms with Crippen LogP contribution in [0.4, 0.5) is 34.1 Å². The monoisotopic (exact) mass is 805 g/mol. The fourth-order valence-corrected chi connectivity index (χ4v) is 18.1. The highest BCUT2D eigenvalue weighted by Gasteiger charge is 2.34. The molecule has 1 unspecified atom stereocenters. The van der Waals surface area contributed by atoms with Gasteiger partial charge >= 0.3 is 9.41 Å². The summed E-state index contributed by atoms with van der Waals surface area (Å²) >= 11 is 0. The Kier molecular flexibility index (Phi) is 11.5. The van der Waals surface area contributed by atoms with Gasteiger partial charge in [-0.3, -0.25) is 0 Å². The molecular weight excluding hydrogens is 757 g/mol. The summed E-state index contributed by atoms with van der Waals surface area (Å²) in [4.78, 5) is 4.71. The lowest BCUT2D eigenvalue weighted by molar-refractivity contribution is 0.538. The maximum absolute atomic E-state index is 11.8. The minimum atomic E-state index is -2.07. The van der Waals surface area contributed by atoms with Crippen LogP contribution in [0.3, 0.4) is 0 Å². The number of para-hydroxylation sites is 1. The van der Waals surface area contributed by atoms with Crippen LogP contribution in [-0.4, -0.2) is 26.0 Å². The quantitative estimate of drug-likeness (QED) is 0.103. The summed E-state index contributed by atoms with van der Waals surface area (Å²) < 4.78 is 18.5. The maximum Gasteiger partial charge on any atom is 0.325 e. The van der Waals surface area contributed by atoms with Crippen LogP contribution in [-0.2, 0) is 15.0 Å². The van der Waals surface area contributed by atoms with Gasteiger partial charge in [0.2, 0.25) is 0 Å². The van der Waals surface area contributed by atoms with Crippen LogP contribution in [0.15, 0.2) is 188 Å². The van der Waals surface area contributed by atoms with Gasteiger partial charge in [-0.15, -0.1) is 0 Å². The third kappa shape index (κ3) is 8.73. The molecule has 1 atom stereocenters. The Labute approximate surface area is 347 Å². The lowest BCUT2D eigenvalue weighted by Crippen LogP contribution is -2.45. The number of rotatable bonds is 14. The first-order chi connectivity index (χ1) is 28.2. The summed E-state index contributed by atoms with van der Waals surface area (Å²) in [5.74, 6) is 0. The standard InChI is InChI=1S/C51H49N2O2Si3/c1-57(2,3)55-58(4,38-56-54)37-36-39-24-30-45(31-25-39)53(51-23-13-17-43-15-9-11-21-49(43)51)47-34-28-41(29-35-47)40-26-32-46(33-27-40)52(44-18-6-5-7-19-44)50-22-12-16-42-14-8-10-20-48(42)50/h5-35H,36-38H2,1-4H3. The first-order valence-electron chi connectivity index (χ1n) is 20.1. The van der Waals surface area contributed by atoms with Crippen LogP contribution in [0.25, 0.3) is 32.7 Å². The summed E-state index contributed by atoms with van der Waals surface area (Å²) in [6.45, 7) is 8.97. The molecule has 8 rings (SSSR count). The fraction of sp³-hybridized carbons (Fsp3) is 0.137. The van der Waals surface area contributed by atoms with E-state index in [1.165, 1.54) is 27.1 Å². The number of anilines is 6. The molecule has 8 aromatic rings. The molecule has 8 aromatic carbocycles. The molecule has 0 aliphatic heterocycles. The molecule has 0 heterocycles. The Morgan fingerprint density at radius 1 is 0.466 bits per heavy atom. The number of benzene rings is 8.